The molecule has 6 nitrogen and oxygen atoms in total. The summed E-state index contributed by atoms with van der Waals surface area (Å²) in [6.07, 6.45) is 2.60. The Balaban J connectivity index is 1.59. The van der Waals surface area contributed by atoms with Crippen molar-refractivity contribution in [3.8, 4) is 0 Å². The van der Waals surface area contributed by atoms with Crippen molar-refractivity contribution < 1.29 is 9.32 Å². The molecule has 136 valence electrons. The summed E-state index contributed by atoms with van der Waals surface area (Å²) in [6.45, 7) is 4.91. The number of benzene rings is 1. The predicted octanol–water partition coefficient (Wildman–Crippen LogP) is 4.38. The molecular weight excluding hydrogens is 352 g/mol. The van der Waals surface area contributed by atoms with Crippen molar-refractivity contribution in [3.63, 3.8) is 0 Å². The fourth-order valence-corrected chi connectivity index (χ4v) is 3.69. The minimum atomic E-state index is -0.131. The Morgan fingerprint density at radius 3 is 3.08 bits per heavy atom. The van der Waals surface area contributed by atoms with E-state index in [1.165, 1.54) is 0 Å². The Labute approximate surface area is 156 Å². The Bertz CT molecular complexity index is 946. The third-order valence-corrected chi connectivity index (χ3v) is 4.91. The normalized spacial score (nSPS) is 17.5. The van der Waals surface area contributed by atoms with Crippen LogP contribution < -0.4 is 0 Å². The molecule has 3 heterocycles. The summed E-state index contributed by atoms with van der Waals surface area (Å²) in [7, 11) is 0. The molecular formula is C19H21ClN4O2. The van der Waals surface area contributed by atoms with Gasteiger partial charge in [0.05, 0.1) is 22.8 Å². The van der Waals surface area contributed by atoms with Gasteiger partial charge in [0.25, 0.3) is 5.91 Å². The van der Waals surface area contributed by atoms with E-state index in [-0.39, 0.29) is 11.9 Å². The second-order valence-electron chi connectivity index (χ2n) is 7.22. The molecule has 0 aliphatic carbocycles. The highest BCUT2D eigenvalue weighted by atomic mass is 35.5. The van der Waals surface area contributed by atoms with Gasteiger partial charge < -0.3 is 14.4 Å². The summed E-state index contributed by atoms with van der Waals surface area (Å²) in [5.41, 5.74) is 2.55. The highest BCUT2D eigenvalue weighted by molar-refractivity contribution is 6.31. The molecule has 0 bridgehead atoms. The Kier molecular flexibility index (Phi) is 4.44. The zero-order valence-electron chi connectivity index (χ0n) is 14.8. The van der Waals surface area contributed by atoms with Crippen LogP contribution in [0.4, 0.5) is 0 Å². The largest absolute Gasteiger partial charge is 0.351 e. The number of hydrogen-bond donors (Lipinski definition) is 1. The minimum Gasteiger partial charge on any atom is -0.351 e. The van der Waals surface area contributed by atoms with E-state index in [1.807, 2.05) is 23.1 Å². The number of likely N-dealkylation sites (tertiary alicyclic amines) is 1. The number of carbonyl (C=O) groups is 1. The molecule has 1 unspecified atom stereocenters. The number of aromatic nitrogens is 3. The lowest BCUT2D eigenvalue weighted by atomic mass is 10.1. The molecule has 1 aliphatic rings. The van der Waals surface area contributed by atoms with Gasteiger partial charge in [0, 0.05) is 17.6 Å². The first kappa shape index (κ1) is 17.1. The first-order valence-electron chi connectivity index (χ1n) is 8.93. The van der Waals surface area contributed by atoms with Crippen LogP contribution in [0.25, 0.3) is 11.0 Å². The first-order chi connectivity index (χ1) is 12.5. The zero-order valence-corrected chi connectivity index (χ0v) is 15.6. The molecule has 2 aromatic heterocycles. The Morgan fingerprint density at radius 2 is 2.27 bits per heavy atom. The number of nitrogens with zero attached hydrogens (tertiary/aromatic N) is 3. The molecule has 1 aliphatic heterocycles. The topological polar surface area (TPSA) is 75.0 Å². The van der Waals surface area contributed by atoms with Crippen molar-refractivity contribution in [1.29, 1.82) is 0 Å². The third kappa shape index (κ3) is 3.21. The fraction of sp³-hybridized carbons (Fsp3) is 0.421. The van der Waals surface area contributed by atoms with Crippen molar-refractivity contribution in [1.82, 2.24) is 20.0 Å². The second kappa shape index (κ2) is 6.76. The average Bonchev–Trinajstić information content (AvgIpc) is 3.31. The maximum absolute atomic E-state index is 12.9. The van der Waals surface area contributed by atoms with Gasteiger partial charge in [-0.05, 0) is 43.4 Å². The monoisotopic (exact) mass is 372 g/mol. The van der Waals surface area contributed by atoms with Crippen LogP contribution >= 0.6 is 11.6 Å². The van der Waals surface area contributed by atoms with Gasteiger partial charge in [0.2, 0.25) is 5.76 Å². The van der Waals surface area contributed by atoms with E-state index in [9.17, 15) is 4.79 Å². The van der Waals surface area contributed by atoms with Gasteiger partial charge in [-0.3, -0.25) is 4.79 Å². The number of rotatable bonds is 4. The standard InChI is InChI=1S/C19H21ClN4O2/c1-11(2)8-13-10-17(26-23-13)19(25)24-7-3-4-16(24)18-21-14-6-5-12(20)9-15(14)22-18/h5-6,9-11,16H,3-4,7-8H2,1-2H3,(H,21,22). The molecule has 1 amide bonds. The number of nitrogens with one attached hydrogen (secondary N) is 1. The third-order valence-electron chi connectivity index (χ3n) is 4.68. The van der Waals surface area contributed by atoms with Crippen LogP contribution in [-0.4, -0.2) is 32.5 Å². The van der Waals surface area contributed by atoms with Gasteiger partial charge >= 0.3 is 0 Å². The quantitative estimate of drug-likeness (QED) is 0.737. The molecule has 26 heavy (non-hydrogen) atoms. The van der Waals surface area contributed by atoms with E-state index in [1.54, 1.807) is 6.07 Å². The van der Waals surface area contributed by atoms with E-state index in [2.05, 4.69) is 29.0 Å². The molecule has 3 aromatic rings. The number of H-pyrrole nitrogens is 1. The number of hydrogen-bond acceptors (Lipinski definition) is 4. The van der Waals surface area contributed by atoms with Crippen molar-refractivity contribution in [2.45, 2.75) is 39.2 Å². The van der Waals surface area contributed by atoms with Crippen LogP contribution in [0.3, 0.4) is 0 Å². The SMILES string of the molecule is CC(C)Cc1cc(C(=O)N2CCCC2c2nc3ccc(Cl)cc3[nH]2)on1. The van der Waals surface area contributed by atoms with Crippen LogP contribution in [-0.2, 0) is 6.42 Å². The molecule has 1 N–H and O–H groups in total. The fourth-order valence-electron chi connectivity index (χ4n) is 3.52. The lowest BCUT2D eigenvalue weighted by Crippen LogP contribution is -2.30. The first-order valence-corrected chi connectivity index (χ1v) is 9.31. The lowest BCUT2D eigenvalue weighted by Gasteiger charge is -2.21. The average molecular weight is 373 g/mol. The maximum atomic E-state index is 12.9. The molecule has 4 rings (SSSR count). The van der Waals surface area contributed by atoms with Crippen LogP contribution in [0, 0.1) is 5.92 Å². The van der Waals surface area contributed by atoms with E-state index in [0.717, 1.165) is 41.8 Å². The van der Waals surface area contributed by atoms with Crippen molar-refractivity contribution in [3.05, 3.63) is 46.6 Å². The number of halogens is 1. The Morgan fingerprint density at radius 1 is 1.42 bits per heavy atom. The van der Waals surface area contributed by atoms with E-state index >= 15 is 0 Å². The molecule has 0 saturated carbocycles. The molecule has 1 atom stereocenters. The minimum absolute atomic E-state index is 0.0904. The van der Waals surface area contributed by atoms with Crippen LogP contribution in [0.2, 0.25) is 5.02 Å². The summed E-state index contributed by atoms with van der Waals surface area (Å²) in [5.74, 6) is 1.42. The number of amides is 1. The van der Waals surface area contributed by atoms with Crippen molar-refractivity contribution in [2.24, 2.45) is 5.92 Å². The molecule has 1 saturated heterocycles. The molecule has 0 spiro atoms. The highest BCUT2D eigenvalue weighted by Gasteiger charge is 2.34. The lowest BCUT2D eigenvalue weighted by molar-refractivity contribution is 0.0688. The van der Waals surface area contributed by atoms with Gasteiger partial charge in [-0.25, -0.2) is 4.98 Å². The molecule has 1 aromatic carbocycles. The van der Waals surface area contributed by atoms with Crippen molar-refractivity contribution >= 4 is 28.5 Å². The van der Waals surface area contributed by atoms with Crippen LogP contribution in [0.1, 0.15) is 54.8 Å². The zero-order chi connectivity index (χ0) is 18.3. The van der Waals surface area contributed by atoms with Crippen molar-refractivity contribution in [2.75, 3.05) is 6.54 Å². The maximum Gasteiger partial charge on any atom is 0.293 e. The molecule has 7 heteroatoms. The van der Waals surface area contributed by atoms with Gasteiger partial charge in [-0.1, -0.05) is 30.6 Å². The summed E-state index contributed by atoms with van der Waals surface area (Å²) >= 11 is 6.05. The number of imidazole rings is 1. The van der Waals surface area contributed by atoms with Gasteiger partial charge in [-0.15, -0.1) is 0 Å². The van der Waals surface area contributed by atoms with E-state index < -0.39 is 0 Å². The summed E-state index contributed by atoms with van der Waals surface area (Å²) in [4.78, 5) is 22.7. The van der Waals surface area contributed by atoms with Crippen LogP contribution in [0.5, 0.6) is 0 Å². The molecule has 0 radical (unpaired) electrons. The summed E-state index contributed by atoms with van der Waals surface area (Å²) in [5, 5.41) is 4.69. The highest BCUT2D eigenvalue weighted by Crippen LogP contribution is 2.33. The second-order valence-corrected chi connectivity index (χ2v) is 7.66. The van der Waals surface area contributed by atoms with Gasteiger partial charge in [-0.2, -0.15) is 0 Å². The van der Waals surface area contributed by atoms with E-state index in [4.69, 9.17) is 16.1 Å². The summed E-state index contributed by atoms with van der Waals surface area (Å²) in [6, 6.07) is 7.22. The van der Waals surface area contributed by atoms with Gasteiger partial charge in [0.1, 0.15) is 5.82 Å². The van der Waals surface area contributed by atoms with E-state index in [0.29, 0.717) is 23.2 Å². The summed E-state index contributed by atoms with van der Waals surface area (Å²) < 4.78 is 5.31. The number of carbonyl (C=O) groups excluding carboxylic acids is 1. The Hall–Kier alpha value is -2.34. The van der Waals surface area contributed by atoms with Gasteiger partial charge in [0.15, 0.2) is 0 Å². The molecule has 1 fully saturated rings. The predicted molar refractivity (Wildman–Crippen MR) is 99.2 cm³/mol. The smallest absolute Gasteiger partial charge is 0.293 e. The number of fused-ring (bicyclic) bond motifs is 1. The van der Waals surface area contributed by atoms with Crippen LogP contribution in [0.15, 0.2) is 28.8 Å². The number of aromatic amines is 1.